The van der Waals surface area contributed by atoms with Crippen LogP contribution in [0.1, 0.15) is 18.1 Å². The van der Waals surface area contributed by atoms with Crippen LogP contribution in [-0.4, -0.2) is 6.79 Å². The Labute approximate surface area is 137 Å². The molecule has 2 aromatic carbocycles. The van der Waals surface area contributed by atoms with E-state index in [1.165, 1.54) is 5.56 Å². The molecule has 0 atom stereocenters. The molecule has 3 rings (SSSR count). The van der Waals surface area contributed by atoms with E-state index >= 15 is 0 Å². The summed E-state index contributed by atoms with van der Waals surface area (Å²) in [5.41, 5.74) is 3.47. The number of anilines is 1. The van der Waals surface area contributed by atoms with E-state index in [1.807, 2.05) is 18.2 Å². The fraction of sp³-hybridized carbons (Fsp3) is 0.250. The van der Waals surface area contributed by atoms with Crippen molar-refractivity contribution < 1.29 is 9.47 Å². The molecule has 0 saturated heterocycles. The highest BCUT2D eigenvalue weighted by Gasteiger charge is 2.18. The van der Waals surface area contributed by atoms with Crippen molar-refractivity contribution in [3.05, 3.63) is 51.0 Å². The van der Waals surface area contributed by atoms with E-state index in [0.717, 1.165) is 22.1 Å². The number of benzene rings is 2. The number of hydrogen-bond donors (Lipinski definition) is 1. The first kappa shape index (κ1) is 14.5. The Balaban J connectivity index is 1.78. The molecule has 0 aromatic heterocycles. The Kier molecular flexibility index (Phi) is 4.27. The van der Waals surface area contributed by atoms with Crippen molar-refractivity contribution in [3.8, 4) is 11.5 Å². The van der Waals surface area contributed by atoms with Crippen molar-refractivity contribution in [2.75, 3.05) is 12.1 Å². The van der Waals surface area contributed by atoms with Crippen molar-refractivity contribution in [2.45, 2.75) is 19.9 Å². The van der Waals surface area contributed by atoms with Crippen LogP contribution in [0.4, 0.5) is 5.69 Å². The Morgan fingerprint density at radius 1 is 1.24 bits per heavy atom. The van der Waals surface area contributed by atoms with E-state index < -0.39 is 0 Å². The summed E-state index contributed by atoms with van der Waals surface area (Å²) in [7, 11) is 0. The van der Waals surface area contributed by atoms with E-state index in [-0.39, 0.29) is 6.79 Å². The molecular weight excluding hydrogens is 354 g/mol. The SMILES string of the molecule is CCc1cc(Br)ccc1NCc1cc(Cl)c2c(c1)OCO2. The molecule has 0 radical (unpaired) electrons. The van der Waals surface area contributed by atoms with Crippen LogP contribution in [0, 0.1) is 0 Å². The molecule has 1 heterocycles. The van der Waals surface area contributed by atoms with E-state index in [1.54, 1.807) is 0 Å². The molecule has 1 aliphatic heterocycles. The third-order valence-corrected chi connectivity index (χ3v) is 4.19. The van der Waals surface area contributed by atoms with Crippen LogP contribution in [0.25, 0.3) is 0 Å². The molecule has 0 bridgehead atoms. The number of halogens is 2. The van der Waals surface area contributed by atoms with Crippen LogP contribution in [-0.2, 0) is 13.0 Å². The molecule has 0 saturated carbocycles. The minimum Gasteiger partial charge on any atom is -0.454 e. The zero-order chi connectivity index (χ0) is 14.8. The second-order valence-electron chi connectivity index (χ2n) is 4.82. The summed E-state index contributed by atoms with van der Waals surface area (Å²) in [5, 5.41) is 4.04. The summed E-state index contributed by atoms with van der Waals surface area (Å²) in [6, 6.07) is 10.1. The number of nitrogens with one attached hydrogen (secondary N) is 1. The van der Waals surface area contributed by atoms with Crippen LogP contribution in [0.3, 0.4) is 0 Å². The molecule has 2 aromatic rings. The highest BCUT2D eigenvalue weighted by molar-refractivity contribution is 9.10. The monoisotopic (exact) mass is 367 g/mol. The van der Waals surface area contributed by atoms with Gasteiger partial charge < -0.3 is 14.8 Å². The van der Waals surface area contributed by atoms with Gasteiger partial charge in [-0.05, 0) is 47.9 Å². The third kappa shape index (κ3) is 3.11. The summed E-state index contributed by atoms with van der Waals surface area (Å²) in [6.45, 7) is 3.06. The quantitative estimate of drug-likeness (QED) is 0.823. The second-order valence-corrected chi connectivity index (χ2v) is 6.14. The maximum absolute atomic E-state index is 6.20. The van der Waals surface area contributed by atoms with Crippen molar-refractivity contribution in [1.29, 1.82) is 0 Å². The van der Waals surface area contributed by atoms with E-state index in [2.05, 4.69) is 40.3 Å². The minimum atomic E-state index is 0.235. The molecule has 0 aliphatic carbocycles. The lowest BCUT2D eigenvalue weighted by molar-refractivity contribution is 0.174. The summed E-state index contributed by atoms with van der Waals surface area (Å²) < 4.78 is 11.8. The largest absolute Gasteiger partial charge is 0.454 e. The van der Waals surface area contributed by atoms with Gasteiger partial charge in [-0.1, -0.05) is 34.5 Å². The first-order valence-corrected chi connectivity index (χ1v) is 7.95. The fourth-order valence-corrected chi connectivity index (χ4v) is 3.04. The molecule has 0 fully saturated rings. The first-order valence-electron chi connectivity index (χ1n) is 6.77. The normalized spacial score (nSPS) is 12.5. The molecule has 0 spiro atoms. The van der Waals surface area contributed by atoms with E-state index in [4.69, 9.17) is 21.1 Å². The molecule has 5 heteroatoms. The lowest BCUT2D eigenvalue weighted by Crippen LogP contribution is -2.02. The Morgan fingerprint density at radius 2 is 2.10 bits per heavy atom. The van der Waals surface area contributed by atoms with E-state index in [9.17, 15) is 0 Å². The standard InChI is InChI=1S/C16H15BrClNO2/c1-2-11-7-12(17)3-4-14(11)19-8-10-5-13(18)16-15(6-10)20-9-21-16/h3-7,19H,2,8-9H2,1H3. The van der Waals surface area contributed by atoms with Crippen LogP contribution in [0.5, 0.6) is 11.5 Å². The van der Waals surface area contributed by atoms with E-state index in [0.29, 0.717) is 23.1 Å². The highest BCUT2D eigenvalue weighted by atomic mass is 79.9. The molecule has 110 valence electrons. The minimum absolute atomic E-state index is 0.235. The summed E-state index contributed by atoms with van der Waals surface area (Å²) in [6.07, 6.45) is 0.976. The lowest BCUT2D eigenvalue weighted by atomic mass is 10.1. The maximum atomic E-state index is 6.20. The number of aryl methyl sites for hydroxylation is 1. The summed E-state index contributed by atoms with van der Waals surface area (Å²) in [5.74, 6) is 1.35. The maximum Gasteiger partial charge on any atom is 0.231 e. The number of fused-ring (bicyclic) bond motifs is 1. The predicted molar refractivity (Wildman–Crippen MR) is 88.4 cm³/mol. The van der Waals surface area contributed by atoms with Crippen LogP contribution >= 0.6 is 27.5 Å². The fourth-order valence-electron chi connectivity index (χ4n) is 2.35. The van der Waals surface area contributed by atoms with Gasteiger partial charge in [-0.2, -0.15) is 0 Å². The van der Waals surface area contributed by atoms with Gasteiger partial charge in [0, 0.05) is 16.7 Å². The van der Waals surface area contributed by atoms with Gasteiger partial charge in [0.15, 0.2) is 11.5 Å². The smallest absolute Gasteiger partial charge is 0.231 e. The zero-order valence-corrected chi connectivity index (χ0v) is 13.9. The Hall–Kier alpha value is -1.39. The lowest BCUT2D eigenvalue weighted by Gasteiger charge is -2.12. The zero-order valence-electron chi connectivity index (χ0n) is 11.6. The van der Waals surface area contributed by atoms with Crippen molar-refractivity contribution >= 4 is 33.2 Å². The molecule has 1 N–H and O–H groups in total. The van der Waals surface area contributed by atoms with Crippen LogP contribution in [0.2, 0.25) is 5.02 Å². The topological polar surface area (TPSA) is 30.5 Å². The van der Waals surface area contributed by atoms with Gasteiger partial charge in [0.25, 0.3) is 0 Å². The van der Waals surface area contributed by atoms with Crippen molar-refractivity contribution in [2.24, 2.45) is 0 Å². The predicted octanol–water partition coefficient (Wildman–Crippen LogP) is 5.01. The summed E-state index contributed by atoms with van der Waals surface area (Å²) in [4.78, 5) is 0. The van der Waals surface area contributed by atoms with Crippen LogP contribution in [0.15, 0.2) is 34.8 Å². The van der Waals surface area contributed by atoms with Crippen molar-refractivity contribution in [1.82, 2.24) is 0 Å². The Morgan fingerprint density at radius 3 is 2.90 bits per heavy atom. The molecule has 3 nitrogen and oxygen atoms in total. The molecule has 0 unspecified atom stereocenters. The van der Waals surface area contributed by atoms with Gasteiger partial charge in [-0.25, -0.2) is 0 Å². The molecule has 21 heavy (non-hydrogen) atoms. The summed E-state index contributed by atoms with van der Waals surface area (Å²) >= 11 is 9.70. The van der Waals surface area contributed by atoms with Gasteiger partial charge in [0.2, 0.25) is 6.79 Å². The van der Waals surface area contributed by atoms with Gasteiger partial charge in [0.05, 0.1) is 5.02 Å². The molecular formula is C16H15BrClNO2. The molecule has 0 amide bonds. The second kappa shape index (κ2) is 6.16. The number of hydrogen-bond acceptors (Lipinski definition) is 3. The number of ether oxygens (including phenoxy) is 2. The van der Waals surface area contributed by atoms with Gasteiger partial charge in [-0.15, -0.1) is 0 Å². The van der Waals surface area contributed by atoms with Gasteiger partial charge >= 0.3 is 0 Å². The van der Waals surface area contributed by atoms with Gasteiger partial charge in [-0.3, -0.25) is 0 Å². The third-order valence-electron chi connectivity index (χ3n) is 3.42. The van der Waals surface area contributed by atoms with Crippen molar-refractivity contribution in [3.63, 3.8) is 0 Å². The molecule has 1 aliphatic rings. The Bertz CT molecular complexity index is 676. The van der Waals surface area contributed by atoms with Crippen LogP contribution < -0.4 is 14.8 Å². The highest BCUT2D eigenvalue weighted by Crippen LogP contribution is 2.40. The average Bonchev–Trinajstić information content (AvgIpc) is 2.94. The first-order chi connectivity index (χ1) is 10.2. The number of rotatable bonds is 4. The average molecular weight is 369 g/mol. The van der Waals surface area contributed by atoms with Gasteiger partial charge in [0.1, 0.15) is 0 Å².